The molecule has 0 spiro atoms. The Balaban J connectivity index is 2.27. The van der Waals surface area contributed by atoms with Gasteiger partial charge < -0.3 is 10.4 Å². The molecule has 0 aliphatic heterocycles. The van der Waals surface area contributed by atoms with Gasteiger partial charge in [-0.2, -0.15) is 0 Å². The summed E-state index contributed by atoms with van der Waals surface area (Å²) >= 11 is 0. The van der Waals surface area contributed by atoms with Crippen LogP contribution in [0.5, 0.6) is 0 Å². The summed E-state index contributed by atoms with van der Waals surface area (Å²) in [7, 11) is 0. The Labute approximate surface area is 113 Å². The number of H-pyrrole nitrogens is 1. The number of hydrogen-bond donors (Lipinski definition) is 2. The van der Waals surface area contributed by atoms with E-state index in [4.69, 9.17) is 5.41 Å². The molecule has 2 nitrogen and oxygen atoms in total. The first-order valence-electron chi connectivity index (χ1n) is 6.60. The van der Waals surface area contributed by atoms with E-state index in [1.807, 2.05) is 12.2 Å². The fourth-order valence-corrected chi connectivity index (χ4v) is 2.74. The van der Waals surface area contributed by atoms with Crippen LogP contribution in [0.3, 0.4) is 0 Å². The minimum atomic E-state index is 0.204. The molecular formula is C17H18N2. The van der Waals surface area contributed by atoms with Crippen molar-refractivity contribution in [2.45, 2.75) is 27.2 Å². The predicted octanol–water partition coefficient (Wildman–Crippen LogP) is 4.39. The van der Waals surface area contributed by atoms with Gasteiger partial charge >= 0.3 is 0 Å². The molecule has 0 bridgehead atoms. The van der Waals surface area contributed by atoms with Gasteiger partial charge in [-0.15, -0.1) is 5.73 Å². The Morgan fingerprint density at radius 3 is 2.74 bits per heavy atom. The van der Waals surface area contributed by atoms with Crippen LogP contribution in [-0.4, -0.2) is 11.2 Å². The summed E-state index contributed by atoms with van der Waals surface area (Å²) in [4.78, 5) is 3.49. The van der Waals surface area contributed by atoms with Gasteiger partial charge in [0.05, 0.1) is 0 Å². The lowest BCUT2D eigenvalue weighted by Crippen LogP contribution is -2.10. The molecule has 1 heterocycles. The monoisotopic (exact) mass is 250 g/mol. The second-order valence-electron chi connectivity index (χ2n) is 6.35. The summed E-state index contributed by atoms with van der Waals surface area (Å²) in [6.45, 7) is 6.66. The maximum atomic E-state index is 7.76. The van der Waals surface area contributed by atoms with E-state index in [-0.39, 0.29) is 5.41 Å². The number of rotatable bonds is 2. The molecule has 0 unspecified atom stereocenters. The van der Waals surface area contributed by atoms with Gasteiger partial charge in [0, 0.05) is 33.9 Å². The van der Waals surface area contributed by atoms with Crippen LogP contribution in [-0.2, 0) is 6.42 Å². The molecule has 0 saturated carbocycles. The molecule has 1 aromatic carbocycles. The number of fused-ring (bicyclic) bond motifs is 3. The molecule has 19 heavy (non-hydrogen) atoms. The maximum Gasteiger partial charge on any atom is 0.0469 e. The van der Waals surface area contributed by atoms with Gasteiger partial charge in [-0.05, 0) is 35.6 Å². The van der Waals surface area contributed by atoms with Gasteiger partial charge in [-0.1, -0.05) is 26.8 Å². The van der Waals surface area contributed by atoms with Crippen LogP contribution in [0.25, 0.3) is 23.1 Å². The van der Waals surface area contributed by atoms with Gasteiger partial charge in [0.15, 0.2) is 0 Å². The molecule has 2 heteroatoms. The third kappa shape index (κ3) is 1.94. The predicted molar refractivity (Wildman–Crippen MR) is 81.8 cm³/mol. The molecule has 0 amide bonds. The Kier molecular flexibility index (Phi) is 2.51. The lowest BCUT2D eigenvalue weighted by molar-refractivity contribution is 0.407. The van der Waals surface area contributed by atoms with Gasteiger partial charge in [-0.3, -0.25) is 0 Å². The Morgan fingerprint density at radius 1 is 1.26 bits per heavy atom. The van der Waals surface area contributed by atoms with E-state index in [0.29, 0.717) is 0 Å². The smallest absolute Gasteiger partial charge is 0.0469 e. The summed E-state index contributed by atoms with van der Waals surface area (Å²) in [5, 5.41) is 8.92. The van der Waals surface area contributed by atoms with Gasteiger partial charge in [0.2, 0.25) is 0 Å². The standard InChI is InChI=1S/C17H18N2/c1-17(2,3)9-15-13(10-18)16-12-6-4-5-11(12)7-8-14(16)19-15/h5-8,10,18-19H,9H2,1-3H3. The average molecular weight is 250 g/mol. The zero-order chi connectivity index (χ0) is 13.6. The number of hydrogen-bond acceptors (Lipinski definition) is 1. The first kappa shape index (κ1) is 12.0. The highest BCUT2D eigenvalue weighted by molar-refractivity contribution is 6.06. The molecule has 0 fully saturated rings. The SMILES string of the molecule is CC(C)(C)Cc1[nH]c2ccc3c(c2c1C=N)C=C=C3. The average Bonchev–Trinajstić information content (AvgIpc) is 2.88. The van der Waals surface area contributed by atoms with Crippen molar-refractivity contribution < 1.29 is 0 Å². The second kappa shape index (κ2) is 3.97. The van der Waals surface area contributed by atoms with E-state index < -0.39 is 0 Å². The van der Waals surface area contributed by atoms with E-state index in [1.165, 1.54) is 17.3 Å². The molecule has 0 atom stereocenters. The number of aromatic amines is 1. The molecule has 0 radical (unpaired) electrons. The van der Waals surface area contributed by atoms with Crippen molar-refractivity contribution in [1.82, 2.24) is 4.98 Å². The fraction of sp³-hybridized carbons (Fsp3) is 0.294. The van der Waals surface area contributed by atoms with Gasteiger partial charge in [0.1, 0.15) is 0 Å². The minimum Gasteiger partial charge on any atom is -0.358 e. The van der Waals surface area contributed by atoms with Crippen molar-refractivity contribution in [3.8, 4) is 0 Å². The van der Waals surface area contributed by atoms with Crippen LogP contribution in [0, 0.1) is 10.8 Å². The van der Waals surface area contributed by atoms with Crippen LogP contribution in [0.1, 0.15) is 43.2 Å². The summed E-state index contributed by atoms with van der Waals surface area (Å²) in [6, 6.07) is 4.21. The van der Waals surface area contributed by atoms with Crippen molar-refractivity contribution >= 4 is 29.3 Å². The molecule has 0 saturated heterocycles. The molecule has 3 rings (SSSR count). The van der Waals surface area contributed by atoms with E-state index in [9.17, 15) is 0 Å². The maximum absolute atomic E-state index is 7.76. The third-order valence-corrected chi connectivity index (χ3v) is 3.48. The van der Waals surface area contributed by atoms with Crippen molar-refractivity contribution in [3.05, 3.63) is 40.2 Å². The van der Waals surface area contributed by atoms with Crippen molar-refractivity contribution in [2.24, 2.45) is 5.41 Å². The first-order valence-corrected chi connectivity index (χ1v) is 6.60. The van der Waals surface area contributed by atoms with E-state index >= 15 is 0 Å². The Bertz CT molecular complexity index is 733. The van der Waals surface area contributed by atoms with Gasteiger partial charge in [-0.25, -0.2) is 0 Å². The second-order valence-corrected chi connectivity index (χ2v) is 6.35. The molecule has 1 aliphatic rings. The Morgan fingerprint density at radius 2 is 2.05 bits per heavy atom. The topological polar surface area (TPSA) is 39.6 Å². The normalized spacial score (nSPS) is 13.2. The summed E-state index contributed by atoms with van der Waals surface area (Å²) in [5.41, 5.74) is 9.03. The largest absolute Gasteiger partial charge is 0.358 e. The molecule has 96 valence electrons. The minimum absolute atomic E-state index is 0.204. The highest BCUT2D eigenvalue weighted by atomic mass is 14.7. The highest BCUT2D eigenvalue weighted by Crippen LogP contribution is 2.33. The molecular weight excluding hydrogens is 232 g/mol. The zero-order valence-electron chi connectivity index (χ0n) is 11.6. The summed E-state index contributed by atoms with van der Waals surface area (Å²) in [5.74, 6) is 0. The van der Waals surface area contributed by atoms with Crippen LogP contribution in [0.15, 0.2) is 17.9 Å². The number of aromatic nitrogens is 1. The van der Waals surface area contributed by atoms with Crippen molar-refractivity contribution in [3.63, 3.8) is 0 Å². The molecule has 1 aliphatic carbocycles. The van der Waals surface area contributed by atoms with Crippen molar-refractivity contribution in [2.75, 3.05) is 0 Å². The highest BCUT2D eigenvalue weighted by Gasteiger charge is 2.19. The first-order chi connectivity index (χ1) is 8.99. The lowest BCUT2D eigenvalue weighted by Gasteiger charge is -2.17. The lowest BCUT2D eigenvalue weighted by atomic mass is 9.89. The van der Waals surface area contributed by atoms with E-state index in [0.717, 1.165) is 28.6 Å². The molecule has 2 N–H and O–H groups in total. The summed E-state index contributed by atoms with van der Waals surface area (Å²) < 4.78 is 0. The fourth-order valence-electron chi connectivity index (χ4n) is 2.74. The molecule has 2 aromatic rings. The van der Waals surface area contributed by atoms with Crippen molar-refractivity contribution in [1.29, 1.82) is 5.41 Å². The Hall–Kier alpha value is -2.05. The number of benzene rings is 1. The van der Waals surface area contributed by atoms with Crippen LogP contribution < -0.4 is 0 Å². The molecule has 1 aromatic heterocycles. The van der Waals surface area contributed by atoms with E-state index in [2.05, 4.69) is 43.6 Å². The van der Waals surface area contributed by atoms with Crippen LogP contribution in [0.4, 0.5) is 0 Å². The summed E-state index contributed by atoms with van der Waals surface area (Å²) in [6.07, 6.45) is 6.43. The zero-order valence-corrected chi connectivity index (χ0v) is 11.6. The third-order valence-electron chi connectivity index (χ3n) is 3.48. The van der Waals surface area contributed by atoms with E-state index in [1.54, 1.807) is 0 Å². The van der Waals surface area contributed by atoms with Gasteiger partial charge in [0.25, 0.3) is 0 Å². The van der Waals surface area contributed by atoms with Crippen LogP contribution >= 0.6 is 0 Å². The number of nitrogens with one attached hydrogen (secondary N) is 2. The quantitative estimate of drug-likeness (QED) is 0.500. The van der Waals surface area contributed by atoms with Crippen LogP contribution in [0.2, 0.25) is 0 Å².